The van der Waals surface area contributed by atoms with Gasteiger partial charge in [0.2, 0.25) is 6.29 Å². The maximum atomic E-state index is 12.2. The van der Waals surface area contributed by atoms with E-state index in [0.29, 0.717) is 6.61 Å². The molecule has 0 aromatic rings. The minimum atomic E-state index is -4.76. The maximum absolute atomic E-state index is 12.2. The van der Waals surface area contributed by atoms with Crippen LogP contribution in [0.5, 0.6) is 0 Å². The number of rotatable bonds is 22. The molecular formula is C26H53NaO11PS+. The van der Waals surface area contributed by atoms with Gasteiger partial charge in [-0.2, -0.15) is 8.42 Å². The number of carbonyl (C=O) groups is 2. The Bertz CT molecular complexity index is 775. The fraction of sp³-hybridized carbons (Fsp3) is 0.923. The van der Waals surface area contributed by atoms with Crippen LogP contribution in [0.2, 0.25) is 0 Å². The fourth-order valence-corrected chi connectivity index (χ4v) is 4.34. The molecule has 0 fully saturated rings. The summed E-state index contributed by atoms with van der Waals surface area (Å²) in [6, 6.07) is 0. The van der Waals surface area contributed by atoms with E-state index in [1.165, 1.54) is 0 Å². The van der Waals surface area contributed by atoms with Crippen molar-refractivity contribution in [2.24, 2.45) is 11.8 Å². The number of hydrogen-bond acceptors (Lipinski definition) is 9. The minimum absolute atomic E-state index is 0. The third-order valence-electron chi connectivity index (χ3n) is 6.09. The van der Waals surface area contributed by atoms with E-state index in [1.807, 2.05) is 20.8 Å². The second kappa shape index (κ2) is 27.7. The molecule has 0 aliphatic heterocycles. The Kier molecular flexibility index (Phi) is 30.6. The molecule has 5 atom stereocenters. The van der Waals surface area contributed by atoms with Gasteiger partial charge in [0.15, 0.2) is 5.25 Å². The molecule has 5 unspecified atom stereocenters. The van der Waals surface area contributed by atoms with Gasteiger partial charge >= 0.3 is 49.8 Å². The molecule has 0 aromatic heterocycles. The van der Waals surface area contributed by atoms with Crippen LogP contribution in [-0.2, 0) is 43.0 Å². The molecule has 0 aliphatic rings. The summed E-state index contributed by atoms with van der Waals surface area (Å²) in [6.07, 6.45) is 8.13. The van der Waals surface area contributed by atoms with E-state index in [2.05, 4.69) is 18.4 Å². The molecule has 11 nitrogen and oxygen atoms in total. The van der Waals surface area contributed by atoms with Crippen molar-refractivity contribution in [2.45, 2.75) is 124 Å². The normalized spacial score (nSPS) is 14.4. The van der Waals surface area contributed by atoms with Gasteiger partial charge in [0.05, 0.1) is 19.6 Å². The summed E-state index contributed by atoms with van der Waals surface area (Å²) in [5.41, 5.74) is 0. The number of hydrogen-bond donors (Lipinski definition) is 2. The number of carbonyl (C=O) groups excluding carboxylic acids is 2. The van der Waals surface area contributed by atoms with Crippen LogP contribution in [0.4, 0.5) is 0 Å². The van der Waals surface area contributed by atoms with E-state index in [9.17, 15) is 27.1 Å². The molecule has 0 amide bonds. The van der Waals surface area contributed by atoms with E-state index in [1.54, 1.807) is 6.92 Å². The fourth-order valence-electron chi connectivity index (χ4n) is 3.37. The van der Waals surface area contributed by atoms with Gasteiger partial charge in [-0.25, -0.2) is 0 Å². The van der Waals surface area contributed by atoms with Crippen LogP contribution in [0.25, 0.3) is 0 Å². The summed E-state index contributed by atoms with van der Waals surface area (Å²) in [7, 11) is -7.30. The first-order valence-corrected chi connectivity index (χ1v) is 16.7. The minimum Gasteiger partial charge on any atom is -1.00 e. The van der Waals surface area contributed by atoms with E-state index in [0.717, 1.165) is 64.2 Å². The molecule has 0 aromatic carbocycles. The molecule has 0 aliphatic carbocycles. The van der Waals surface area contributed by atoms with Gasteiger partial charge in [0, 0.05) is 11.2 Å². The zero-order valence-corrected chi connectivity index (χ0v) is 29.3. The smallest absolute Gasteiger partial charge is 1.00 e. The molecule has 0 radical (unpaired) electrons. The molecule has 0 heterocycles. The molecule has 0 saturated heterocycles. The quantitative estimate of drug-likeness (QED) is 0.0453. The third-order valence-corrected chi connectivity index (χ3v) is 7.65. The average molecular weight is 628 g/mol. The van der Waals surface area contributed by atoms with Crippen LogP contribution < -0.4 is 29.6 Å². The van der Waals surface area contributed by atoms with E-state index < -0.39 is 48.3 Å². The summed E-state index contributed by atoms with van der Waals surface area (Å²) in [4.78, 5) is 32.5. The Morgan fingerprint density at radius 3 is 1.75 bits per heavy atom. The molecule has 0 saturated carbocycles. The first kappa shape index (κ1) is 44.3. The largest absolute Gasteiger partial charge is 1.00 e. The molecule has 234 valence electrons. The summed E-state index contributed by atoms with van der Waals surface area (Å²) in [5.74, 6) is -1.61. The van der Waals surface area contributed by atoms with Crippen LogP contribution in [0.3, 0.4) is 0 Å². The van der Waals surface area contributed by atoms with Crippen molar-refractivity contribution in [1.29, 1.82) is 0 Å². The van der Waals surface area contributed by atoms with Gasteiger partial charge in [0.1, 0.15) is 0 Å². The Morgan fingerprint density at radius 1 is 0.875 bits per heavy atom. The summed E-state index contributed by atoms with van der Waals surface area (Å²) >= 11 is 0. The van der Waals surface area contributed by atoms with Gasteiger partial charge in [-0.1, -0.05) is 84.1 Å². The average Bonchev–Trinajstić information content (AvgIpc) is 2.86. The van der Waals surface area contributed by atoms with Gasteiger partial charge < -0.3 is 15.6 Å². The summed E-state index contributed by atoms with van der Waals surface area (Å²) in [5, 5.41) is -1.95. The molecule has 0 rings (SSSR count). The van der Waals surface area contributed by atoms with Crippen LogP contribution in [0.1, 0.15) is 114 Å². The summed E-state index contributed by atoms with van der Waals surface area (Å²) < 4.78 is 62.3. The molecular weight excluding hydrogens is 574 g/mol. The Hall–Kier alpha value is -0.170. The van der Waals surface area contributed by atoms with Crippen molar-refractivity contribution in [3.05, 3.63) is 0 Å². The van der Waals surface area contributed by atoms with Crippen molar-refractivity contribution in [3.63, 3.8) is 0 Å². The first-order valence-electron chi connectivity index (χ1n) is 14.1. The van der Waals surface area contributed by atoms with E-state index >= 15 is 0 Å². The van der Waals surface area contributed by atoms with Crippen LogP contribution in [0, 0.1) is 11.8 Å². The van der Waals surface area contributed by atoms with Crippen LogP contribution in [0.15, 0.2) is 0 Å². The molecule has 2 N–H and O–H groups in total. The van der Waals surface area contributed by atoms with Gasteiger partial charge in [0.25, 0.3) is 10.1 Å². The topological polar surface area (TPSA) is 163 Å². The number of esters is 2. The van der Waals surface area contributed by atoms with Crippen molar-refractivity contribution < 1.29 is 81.7 Å². The second-order valence-electron chi connectivity index (χ2n) is 9.49. The Labute approximate surface area is 266 Å². The van der Waals surface area contributed by atoms with Crippen LogP contribution >= 0.6 is 8.25 Å². The summed E-state index contributed by atoms with van der Waals surface area (Å²) in [6.45, 7) is 12.6. The molecule has 14 heteroatoms. The van der Waals surface area contributed by atoms with Crippen molar-refractivity contribution in [2.75, 3.05) is 19.8 Å². The zero-order chi connectivity index (χ0) is 30.3. The predicted octanol–water partition coefficient (Wildman–Crippen LogP) is 3.08. The van der Waals surface area contributed by atoms with Crippen molar-refractivity contribution in [3.8, 4) is 0 Å². The maximum Gasteiger partial charge on any atom is 1.00 e. The monoisotopic (exact) mass is 627 g/mol. The first-order chi connectivity index (χ1) is 18.4. The van der Waals surface area contributed by atoms with Gasteiger partial charge in [-0.15, -0.1) is 4.89 Å². The SMILES string of the molecule is CCCCC(CC)COC(=O)CC(C(=O)OCC(CC)CCCC)S(=O)(=O)O.CCCCOC(C)O[P+](=O)O.[H-].[Na+]. The van der Waals surface area contributed by atoms with Crippen molar-refractivity contribution >= 4 is 30.3 Å². The molecule has 0 spiro atoms. The number of unbranched alkanes of at least 4 members (excludes halogenated alkanes) is 3. The third kappa shape index (κ3) is 25.5. The Morgan fingerprint density at radius 2 is 1.35 bits per heavy atom. The standard InChI is InChI=1S/C20H38O7S.C6H13O4P.Na.H/c1-5-9-11-16(7-3)14-26-19(21)13-18(28(23,24)25)20(22)27-15-17(8-4)12-10-6-2;1-3-4-5-9-6(2)10-11(7)8;;/h16-18H,5-15H2,1-4H3,(H,23,24,25);6H,3-5H2,1-2H3;;/q;;+1;-1/p+1. The van der Waals surface area contributed by atoms with Gasteiger partial charge in [-0.3, -0.25) is 14.1 Å². The van der Waals surface area contributed by atoms with E-state index in [4.69, 9.17) is 19.1 Å². The molecule has 0 bridgehead atoms. The van der Waals surface area contributed by atoms with E-state index in [-0.39, 0.29) is 56.0 Å². The van der Waals surface area contributed by atoms with Gasteiger partial charge in [-0.05, 0) is 38.0 Å². The zero-order valence-electron chi connectivity index (χ0n) is 26.6. The number of ether oxygens (including phenoxy) is 3. The second-order valence-corrected chi connectivity index (χ2v) is 11.8. The van der Waals surface area contributed by atoms with Crippen LogP contribution in [-0.4, -0.2) is 61.2 Å². The van der Waals surface area contributed by atoms with Crippen molar-refractivity contribution in [1.82, 2.24) is 0 Å². The Balaban J connectivity index is -0.000000446. The predicted molar refractivity (Wildman–Crippen MR) is 151 cm³/mol. The molecule has 40 heavy (non-hydrogen) atoms.